The molecule has 3 aromatic rings. The van der Waals surface area contributed by atoms with E-state index in [0.29, 0.717) is 16.9 Å². The van der Waals surface area contributed by atoms with Gasteiger partial charge in [0.2, 0.25) is 16.7 Å². The maximum absolute atomic E-state index is 14.0. The summed E-state index contributed by atoms with van der Waals surface area (Å²) < 4.78 is 14.0. The van der Waals surface area contributed by atoms with E-state index < -0.39 is 16.6 Å². The predicted molar refractivity (Wildman–Crippen MR) is 127 cm³/mol. The Hall–Kier alpha value is -3.65. The van der Waals surface area contributed by atoms with Crippen molar-refractivity contribution in [2.45, 2.75) is 11.8 Å². The second-order valence-electron chi connectivity index (χ2n) is 7.93. The maximum atomic E-state index is 14.0. The fourth-order valence-corrected chi connectivity index (χ4v) is 5.66. The number of halogens is 1. The largest absolute Gasteiger partial charge is 0.322 e. The molecule has 1 saturated heterocycles. The molecular formula is C25H20FN3O3S. The van der Waals surface area contributed by atoms with Crippen molar-refractivity contribution in [1.82, 2.24) is 0 Å². The number of nitrogens with one attached hydrogen (secondary N) is 1. The summed E-state index contributed by atoms with van der Waals surface area (Å²) in [6.45, 7) is 1.65. The first-order chi connectivity index (χ1) is 15.9. The summed E-state index contributed by atoms with van der Waals surface area (Å²) in [7, 11) is 0. The predicted octanol–water partition coefficient (Wildman–Crippen LogP) is 4.05. The summed E-state index contributed by atoms with van der Waals surface area (Å²) in [5.41, 5.74) is 2.92. The number of para-hydroxylation sites is 2. The van der Waals surface area contributed by atoms with Gasteiger partial charge in [-0.2, -0.15) is 0 Å². The van der Waals surface area contributed by atoms with Crippen LogP contribution in [0.15, 0.2) is 72.8 Å². The van der Waals surface area contributed by atoms with Crippen LogP contribution in [-0.4, -0.2) is 30.0 Å². The highest BCUT2D eigenvalue weighted by Crippen LogP contribution is 2.55. The van der Waals surface area contributed by atoms with Crippen LogP contribution in [0.3, 0.4) is 0 Å². The number of nitrogens with zero attached hydrogens (tertiary/aromatic N) is 2. The van der Waals surface area contributed by atoms with Crippen LogP contribution in [0.2, 0.25) is 0 Å². The van der Waals surface area contributed by atoms with E-state index in [1.54, 1.807) is 18.2 Å². The summed E-state index contributed by atoms with van der Waals surface area (Å²) in [6.07, 6.45) is 0. The molecule has 2 aliphatic rings. The number of anilines is 3. The lowest BCUT2D eigenvalue weighted by Gasteiger charge is -2.33. The van der Waals surface area contributed by atoms with Gasteiger partial charge in [-0.25, -0.2) is 4.39 Å². The van der Waals surface area contributed by atoms with Crippen LogP contribution in [0.4, 0.5) is 21.5 Å². The third kappa shape index (κ3) is 3.38. The first-order valence-electron chi connectivity index (χ1n) is 10.4. The standard InChI is InChI=1S/C25H20FN3O3S/c1-16-10-12-17(13-11-16)29-23(31)15-33-25(29)18-6-2-5-9-21(18)28(24(25)32)14-22(30)27-20-8-4-3-7-19(20)26/h2-13H,14-15H2,1H3,(H,27,30)/t25-/m0/s1. The molecule has 166 valence electrons. The lowest BCUT2D eigenvalue weighted by atomic mass is 10.0. The van der Waals surface area contributed by atoms with Crippen LogP contribution in [0.25, 0.3) is 0 Å². The van der Waals surface area contributed by atoms with E-state index in [1.807, 2.05) is 43.3 Å². The summed E-state index contributed by atoms with van der Waals surface area (Å²) in [6, 6.07) is 20.5. The number of hydrogen-bond donors (Lipinski definition) is 1. The zero-order valence-corrected chi connectivity index (χ0v) is 18.6. The average Bonchev–Trinajstić information content (AvgIpc) is 3.27. The summed E-state index contributed by atoms with van der Waals surface area (Å²) in [5.74, 6) is -1.49. The molecular weight excluding hydrogens is 441 g/mol. The first kappa shape index (κ1) is 21.2. The smallest absolute Gasteiger partial charge is 0.269 e. The number of aryl methyl sites for hydroxylation is 1. The molecule has 1 N–H and O–H groups in total. The van der Waals surface area contributed by atoms with Crippen LogP contribution >= 0.6 is 11.8 Å². The number of benzene rings is 3. The van der Waals surface area contributed by atoms with Crippen molar-refractivity contribution in [3.63, 3.8) is 0 Å². The van der Waals surface area contributed by atoms with Crippen molar-refractivity contribution in [3.8, 4) is 0 Å². The highest BCUT2D eigenvalue weighted by atomic mass is 32.2. The molecule has 1 fully saturated rings. The van der Waals surface area contributed by atoms with Gasteiger partial charge in [-0.3, -0.25) is 24.2 Å². The minimum Gasteiger partial charge on any atom is -0.322 e. The second kappa shape index (κ2) is 8.04. The zero-order valence-electron chi connectivity index (χ0n) is 17.7. The van der Waals surface area contributed by atoms with Crippen LogP contribution in [0.5, 0.6) is 0 Å². The Balaban J connectivity index is 1.52. The average molecular weight is 462 g/mol. The number of fused-ring (bicyclic) bond motifs is 2. The van der Waals surface area contributed by atoms with Gasteiger partial charge in [-0.1, -0.05) is 48.0 Å². The van der Waals surface area contributed by atoms with E-state index in [9.17, 15) is 18.8 Å². The molecule has 0 aromatic heterocycles. The number of hydrogen-bond acceptors (Lipinski definition) is 4. The quantitative estimate of drug-likeness (QED) is 0.637. The first-order valence-corrected chi connectivity index (χ1v) is 11.4. The Labute approximate surface area is 194 Å². The van der Waals surface area contributed by atoms with E-state index in [4.69, 9.17) is 0 Å². The molecule has 0 saturated carbocycles. The van der Waals surface area contributed by atoms with Crippen molar-refractivity contribution < 1.29 is 18.8 Å². The monoisotopic (exact) mass is 461 g/mol. The SMILES string of the molecule is Cc1ccc(N2C(=O)CS[C@@]23C(=O)N(CC(=O)Nc2ccccc2F)c2ccccc23)cc1. The highest BCUT2D eigenvalue weighted by molar-refractivity contribution is 8.02. The number of rotatable bonds is 4. The topological polar surface area (TPSA) is 69.7 Å². The molecule has 1 spiro atoms. The molecule has 8 heteroatoms. The Morgan fingerprint density at radius 1 is 1.03 bits per heavy atom. The van der Waals surface area contributed by atoms with E-state index >= 15 is 0 Å². The molecule has 0 radical (unpaired) electrons. The summed E-state index contributed by atoms with van der Waals surface area (Å²) in [5, 5.41) is 2.53. The molecule has 2 heterocycles. The van der Waals surface area contributed by atoms with E-state index in [2.05, 4.69) is 5.32 Å². The van der Waals surface area contributed by atoms with Crippen molar-refractivity contribution in [1.29, 1.82) is 0 Å². The van der Waals surface area contributed by atoms with E-state index in [-0.39, 0.29) is 29.8 Å². The second-order valence-corrected chi connectivity index (χ2v) is 9.10. The Kier molecular flexibility index (Phi) is 5.17. The van der Waals surface area contributed by atoms with Crippen LogP contribution < -0.4 is 15.1 Å². The van der Waals surface area contributed by atoms with Crippen molar-refractivity contribution in [3.05, 3.63) is 89.7 Å². The number of carbonyl (C=O) groups is 3. The van der Waals surface area contributed by atoms with Gasteiger partial charge in [0.05, 0.1) is 17.1 Å². The summed E-state index contributed by atoms with van der Waals surface area (Å²) >= 11 is 1.25. The summed E-state index contributed by atoms with van der Waals surface area (Å²) in [4.78, 5) is 41.3. The Morgan fingerprint density at radius 3 is 2.48 bits per heavy atom. The van der Waals surface area contributed by atoms with E-state index in [1.165, 1.54) is 39.8 Å². The lowest BCUT2D eigenvalue weighted by Crippen LogP contribution is -2.50. The highest BCUT2D eigenvalue weighted by Gasteiger charge is 2.61. The van der Waals surface area contributed by atoms with Gasteiger partial charge < -0.3 is 5.32 Å². The number of carbonyl (C=O) groups excluding carboxylic acids is 3. The van der Waals surface area contributed by atoms with Gasteiger partial charge in [0.1, 0.15) is 12.4 Å². The molecule has 33 heavy (non-hydrogen) atoms. The molecule has 0 aliphatic carbocycles. The van der Waals surface area contributed by atoms with Crippen molar-refractivity contribution in [2.75, 3.05) is 27.4 Å². The third-order valence-corrected chi connectivity index (χ3v) is 7.19. The lowest BCUT2D eigenvalue weighted by molar-refractivity contribution is -0.124. The van der Waals surface area contributed by atoms with Gasteiger partial charge in [0, 0.05) is 11.3 Å². The molecule has 2 aliphatic heterocycles. The van der Waals surface area contributed by atoms with Gasteiger partial charge in [-0.05, 0) is 37.3 Å². The van der Waals surface area contributed by atoms with Crippen molar-refractivity contribution >= 4 is 46.5 Å². The number of thioether (sulfide) groups is 1. The van der Waals surface area contributed by atoms with Gasteiger partial charge in [0.25, 0.3) is 5.91 Å². The fourth-order valence-electron chi connectivity index (χ4n) is 4.30. The molecule has 1 atom stereocenters. The molecule has 0 bridgehead atoms. The Morgan fingerprint density at radius 2 is 1.73 bits per heavy atom. The molecule has 0 unspecified atom stereocenters. The third-order valence-electron chi connectivity index (χ3n) is 5.81. The fraction of sp³-hybridized carbons (Fsp3) is 0.160. The van der Waals surface area contributed by atoms with Gasteiger partial charge >= 0.3 is 0 Å². The normalized spacial score (nSPS) is 19.3. The number of amides is 3. The van der Waals surface area contributed by atoms with Crippen LogP contribution in [-0.2, 0) is 19.3 Å². The minimum absolute atomic E-state index is 0.0452. The van der Waals surface area contributed by atoms with E-state index in [0.717, 1.165) is 5.56 Å². The molecule has 3 amide bonds. The Bertz CT molecular complexity index is 1280. The van der Waals surface area contributed by atoms with Crippen molar-refractivity contribution in [2.24, 2.45) is 0 Å². The van der Waals surface area contributed by atoms with Gasteiger partial charge in [0.15, 0.2) is 0 Å². The molecule has 6 nitrogen and oxygen atoms in total. The van der Waals surface area contributed by atoms with Gasteiger partial charge in [-0.15, -0.1) is 11.8 Å². The minimum atomic E-state index is -1.29. The molecule has 5 rings (SSSR count). The maximum Gasteiger partial charge on any atom is 0.269 e. The zero-order chi connectivity index (χ0) is 23.2. The van der Waals surface area contributed by atoms with Crippen LogP contribution in [0, 0.1) is 12.7 Å². The molecule has 3 aromatic carbocycles. The van der Waals surface area contributed by atoms with Crippen LogP contribution in [0.1, 0.15) is 11.1 Å².